The molecule has 0 aliphatic heterocycles. The molecule has 0 spiro atoms. The molecule has 1 heterocycles. The van der Waals surface area contributed by atoms with Crippen LogP contribution in [0.2, 0.25) is 0 Å². The molecule has 2 rings (SSSR count). The Morgan fingerprint density at radius 2 is 1.78 bits per heavy atom. The van der Waals surface area contributed by atoms with Crippen LogP contribution in [-0.2, 0) is 13.1 Å². The van der Waals surface area contributed by atoms with Gasteiger partial charge in [0.15, 0.2) is 0 Å². The Morgan fingerprint density at radius 3 is 2.39 bits per heavy atom. The zero-order chi connectivity index (χ0) is 13.1. The number of benzene rings is 1. The van der Waals surface area contributed by atoms with Crippen molar-refractivity contribution < 1.29 is 0 Å². The second-order valence-corrected chi connectivity index (χ2v) is 5.18. The lowest BCUT2D eigenvalue weighted by atomic mass is 10.2. The second kappa shape index (κ2) is 5.51. The van der Waals surface area contributed by atoms with Crippen molar-refractivity contribution in [3.8, 4) is 0 Å². The van der Waals surface area contributed by atoms with Crippen molar-refractivity contribution in [3.63, 3.8) is 0 Å². The summed E-state index contributed by atoms with van der Waals surface area (Å²) in [4.78, 5) is 23.7. The van der Waals surface area contributed by atoms with Gasteiger partial charge in [-0.3, -0.25) is 9.36 Å². The maximum absolute atomic E-state index is 12.0. The molecular weight excluding hydrogens is 343 g/mol. The third-order valence-corrected chi connectivity index (χ3v) is 3.45. The van der Waals surface area contributed by atoms with E-state index in [1.165, 1.54) is 21.4 Å². The highest BCUT2D eigenvalue weighted by atomic mass is 127. The van der Waals surface area contributed by atoms with E-state index in [0.717, 1.165) is 9.13 Å². The highest BCUT2D eigenvalue weighted by Gasteiger charge is 2.04. The van der Waals surface area contributed by atoms with Crippen LogP contribution in [0.25, 0.3) is 0 Å². The molecule has 0 amide bonds. The molecule has 0 N–H and O–H groups in total. The Kier molecular flexibility index (Phi) is 4.00. The first kappa shape index (κ1) is 13.1. The molecule has 0 bridgehead atoms. The number of halogens is 1. The molecule has 0 saturated heterocycles. The molecule has 94 valence electrons. The minimum atomic E-state index is -0.261. The third kappa shape index (κ3) is 2.72. The van der Waals surface area contributed by atoms with Crippen LogP contribution in [0.1, 0.15) is 12.5 Å². The van der Waals surface area contributed by atoms with Crippen LogP contribution in [0.3, 0.4) is 0 Å². The molecule has 0 atom stereocenters. The summed E-state index contributed by atoms with van der Waals surface area (Å²) in [7, 11) is 0. The molecular formula is C13H13IN2O2. The number of nitrogens with zero attached hydrogens (tertiary/aromatic N) is 2. The van der Waals surface area contributed by atoms with Gasteiger partial charge in [0.05, 0.1) is 6.54 Å². The summed E-state index contributed by atoms with van der Waals surface area (Å²) in [6.45, 7) is 2.75. The number of hydrogen-bond acceptors (Lipinski definition) is 2. The number of aryl methyl sites for hydroxylation is 1. The standard InChI is InChI=1S/C13H13IN2O2/c1-2-15-8-7-12(17)16(13(15)18)9-10-3-5-11(14)6-4-10/h3-8H,2,9H2,1H3. The van der Waals surface area contributed by atoms with E-state index in [4.69, 9.17) is 0 Å². The SMILES string of the molecule is CCn1ccc(=O)n(Cc2ccc(I)cc2)c1=O. The predicted molar refractivity (Wildman–Crippen MR) is 78.9 cm³/mol. The van der Waals surface area contributed by atoms with Crippen molar-refractivity contribution >= 4 is 22.6 Å². The normalized spacial score (nSPS) is 10.6. The highest BCUT2D eigenvalue weighted by molar-refractivity contribution is 14.1. The van der Waals surface area contributed by atoms with Crippen molar-refractivity contribution in [1.82, 2.24) is 9.13 Å². The number of rotatable bonds is 3. The van der Waals surface area contributed by atoms with Crippen molar-refractivity contribution in [3.05, 3.63) is 66.5 Å². The Hall–Kier alpha value is -1.37. The second-order valence-electron chi connectivity index (χ2n) is 3.94. The molecule has 0 saturated carbocycles. The first-order valence-electron chi connectivity index (χ1n) is 5.66. The van der Waals surface area contributed by atoms with Gasteiger partial charge in [-0.1, -0.05) is 12.1 Å². The first-order chi connectivity index (χ1) is 8.61. The topological polar surface area (TPSA) is 44.0 Å². The van der Waals surface area contributed by atoms with Crippen LogP contribution in [-0.4, -0.2) is 9.13 Å². The average molecular weight is 356 g/mol. The van der Waals surface area contributed by atoms with Gasteiger partial charge in [-0.05, 0) is 47.2 Å². The maximum Gasteiger partial charge on any atom is 0.331 e. The smallest absolute Gasteiger partial charge is 0.301 e. The van der Waals surface area contributed by atoms with Gasteiger partial charge < -0.3 is 4.57 Å². The molecule has 0 radical (unpaired) electrons. The lowest BCUT2D eigenvalue weighted by Crippen LogP contribution is -2.38. The molecule has 2 aromatic rings. The van der Waals surface area contributed by atoms with E-state index in [9.17, 15) is 9.59 Å². The highest BCUT2D eigenvalue weighted by Crippen LogP contribution is 2.06. The largest absolute Gasteiger partial charge is 0.331 e. The fourth-order valence-electron chi connectivity index (χ4n) is 1.72. The monoisotopic (exact) mass is 356 g/mol. The average Bonchev–Trinajstić information content (AvgIpc) is 2.37. The molecule has 1 aromatic carbocycles. The molecule has 18 heavy (non-hydrogen) atoms. The maximum atomic E-state index is 12.0. The summed E-state index contributed by atoms with van der Waals surface area (Å²) in [5.41, 5.74) is 0.426. The molecule has 4 nitrogen and oxygen atoms in total. The number of aromatic nitrogens is 2. The Labute approximate surface area is 118 Å². The van der Waals surface area contributed by atoms with Crippen LogP contribution in [0.4, 0.5) is 0 Å². The lowest BCUT2D eigenvalue weighted by molar-refractivity contribution is 0.600. The molecule has 5 heteroatoms. The first-order valence-corrected chi connectivity index (χ1v) is 6.74. The van der Waals surface area contributed by atoms with Crippen LogP contribution in [0.15, 0.2) is 46.1 Å². The van der Waals surface area contributed by atoms with E-state index in [1.54, 1.807) is 0 Å². The van der Waals surface area contributed by atoms with Crippen molar-refractivity contribution in [2.75, 3.05) is 0 Å². The summed E-state index contributed by atoms with van der Waals surface area (Å²) in [5, 5.41) is 0. The van der Waals surface area contributed by atoms with Gasteiger partial charge in [0.1, 0.15) is 0 Å². The van der Waals surface area contributed by atoms with Crippen LogP contribution >= 0.6 is 22.6 Å². The zero-order valence-electron chi connectivity index (χ0n) is 9.97. The summed E-state index contributed by atoms with van der Waals surface area (Å²) < 4.78 is 3.91. The summed E-state index contributed by atoms with van der Waals surface area (Å²) in [6.07, 6.45) is 1.54. The van der Waals surface area contributed by atoms with Crippen molar-refractivity contribution in [2.24, 2.45) is 0 Å². The fourth-order valence-corrected chi connectivity index (χ4v) is 2.07. The molecule has 0 aliphatic carbocycles. The van der Waals surface area contributed by atoms with E-state index in [0.29, 0.717) is 13.1 Å². The summed E-state index contributed by atoms with van der Waals surface area (Å²) in [6, 6.07) is 9.20. The van der Waals surface area contributed by atoms with Gasteiger partial charge in [0.2, 0.25) is 0 Å². The van der Waals surface area contributed by atoms with Gasteiger partial charge in [-0.25, -0.2) is 4.79 Å². The Morgan fingerprint density at radius 1 is 1.11 bits per heavy atom. The van der Waals surface area contributed by atoms with E-state index >= 15 is 0 Å². The Balaban J connectivity index is 2.43. The Bertz CT molecular complexity index is 656. The fraction of sp³-hybridized carbons (Fsp3) is 0.231. The van der Waals surface area contributed by atoms with Crippen molar-refractivity contribution in [2.45, 2.75) is 20.0 Å². The van der Waals surface area contributed by atoms with Crippen molar-refractivity contribution in [1.29, 1.82) is 0 Å². The van der Waals surface area contributed by atoms with Gasteiger partial charge >= 0.3 is 5.69 Å². The van der Waals surface area contributed by atoms with Gasteiger partial charge in [0, 0.05) is 22.4 Å². The van der Waals surface area contributed by atoms with Gasteiger partial charge in [-0.15, -0.1) is 0 Å². The lowest BCUT2D eigenvalue weighted by Gasteiger charge is -2.08. The van der Waals surface area contributed by atoms with Crippen LogP contribution in [0.5, 0.6) is 0 Å². The van der Waals surface area contributed by atoms with Crippen LogP contribution in [0, 0.1) is 3.57 Å². The van der Waals surface area contributed by atoms with Gasteiger partial charge in [0.25, 0.3) is 5.56 Å². The zero-order valence-corrected chi connectivity index (χ0v) is 12.1. The van der Waals surface area contributed by atoms with Crippen LogP contribution < -0.4 is 11.2 Å². The van der Waals surface area contributed by atoms with E-state index in [-0.39, 0.29) is 11.2 Å². The predicted octanol–water partition coefficient (Wildman–Crippen LogP) is 1.68. The number of hydrogen-bond donors (Lipinski definition) is 0. The minimum absolute atomic E-state index is 0.261. The van der Waals surface area contributed by atoms with E-state index in [2.05, 4.69) is 22.6 Å². The molecule has 0 aliphatic rings. The third-order valence-electron chi connectivity index (χ3n) is 2.73. The summed E-state index contributed by atoms with van der Waals surface area (Å²) >= 11 is 2.22. The summed E-state index contributed by atoms with van der Waals surface area (Å²) in [5.74, 6) is 0. The van der Waals surface area contributed by atoms with E-state index in [1.807, 2.05) is 31.2 Å². The molecule has 1 aromatic heterocycles. The molecule has 0 fully saturated rings. The van der Waals surface area contributed by atoms with E-state index < -0.39 is 0 Å². The minimum Gasteiger partial charge on any atom is -0.301 e. The van der Waals surface area contributed by atoms with Gasteiger partial charge in [-0.2, -0.15) is 0 Å². The quantitative estimate of drug-likeness (QED) is 0.786. The molecule has 0 unspecified atom stereocenters.